The van der Waals surface area contributed by atoms with E-state index in [1.807, 2.05) is 12.1 Å². The first kappa shape index (κ1) is 15.8. The molecule has 0 unspecified atom stereocenters. The van der Waals surface area contributed by atoms with Crippen molar-refractivity contribution in [2.24, 2.45) is 5.41 Å². The first-order valence-corrected chi connectivity index (χ1v) is 8.43. The fourth-order valence-electron chi connectivity index (χ4n) is 3.84. The van der Waals surface area contributed by atoms with Crippen molar-refractivity contribution in [3.8, 4) is 0 Å². The number of aryl methyl sites for hydroxylation is 1. The summed E-state index contributed by atoms with van der Waals surface area (Å²) in [5.74, 6) is -0.389. The van der Waals surface area contributed by atoms with Gasteiger partial charge in [0.15, 0.2) is 0 Å². The quantitative estimate of drug-likeness (QED) is 0.649. The number of anilines is 1. The van der Waals surface area contributed by atoms with Crippen LogP contribution in [0.5, 0.6) is 0 Å². The summed E-state index contributed by atoms with van der Waals surface area (Å²) >= 11 is 0. The third-order valence-electron chi connectivity index (χ3n) is 5.31. The molecule has 6 heteroatoms. The second-order valence-electron chi connectivity index (χ2n) is 6.77. The number of hydrogen-bond acceptors (Lipinski definition) is 4. The van der Waals surface area contributed by atoms with Gasteiger partial charge in [-0.1, -0.05) is 6.07 Å². The maximum Gasteiger partial charge on any atom is 0.282 e. The minimum Gasteiger partial charge on any atom is -0.356 e. The molecular formula is C19H19N3O3. The van der Waals surface area contributed by atoms with Gasteiger partial charge in [-0.2, -0.15) is 5.06 Å². The third kappa shape index (κ3) is 2.68. The summed E-state index contributed by atoms with van der Waals surface area (Å²) in [7, 11) is 0. The van der Waals surface area contributed by atoms with Crippen molar-refractivity contribution in [1.82, 2.24) is 10.3 Å². The summed E-state index contributed by atoms with van der Waals surface area (Å²) < 4.78 is 0. The molecule has 0 bridgehead atoms. The number of hydroxylamine groups is 1. The van der Waals surface area contributed by atoms with E-state index >= 15 is 0 Å². The van der Waals surface area contributed by atoms with Gasteiger partial charge in [-0.25, -0.2) is 0 Å². The molecule has 1 fully saturated rings. The molecule has 6 nitrogen and oxygen atoms in total. The lowest BCUT2D eigenvalue weighted by atomic mass is 9.70. The Morgan fingerprint density at radius 3 is 2.84 bits per heavy atom. The Labute approximate surface area is 145 Å². The van der Waals surface area contributed by atoms with Crippen molar-refractivity contribution in [2.75, 3.05) is 11.6 Å². The highest BCUT2D eigenvalue weighted by Crippen LogP contribution is 2.41. The molecule has 1 aromatic carbocycles. The van der Waals surface area contributed by atoms with Crippen LogP contribution in [0.4, 0.5) is 5.69 Å². The molecule has 1 aliphatic carbocycles. The number of carbonyl (C=O) groups excluding carboxylic acids is 2. The van der Waals surface area contributed by atoms with E-state index in [9.17, 15) is 14.8 Å². The van der Waals surface area contributed by atoms with Crippen molar-refractivity contribution in [2.45, 2.75) is 25.7 Å². The Bertz CT molecular complexity index is 837. The van der Waals surface area contributed by atoms with Crippen LogP contribution in [0.25, 0.3) is 0 Å². The Hall–Kier alpha value is -2.73. The molecule has 25 heavy (non-hydrogen) atoms. The number of rotatable bonds is 2. The van der Waals surface area contributed by atoms with Gasteiger partial charge in [-0.3, -0.25) is 19.8 Å². The van der Waals surface area contributed by atoms with Gasteiger partial charge in [0.05, 0.1) is 17.3 Å². The Balaban J connectivity index is 1.62. The number of nitrogens with one attached hydrogen (secondary N) is 1. The summed E-state index contributed by atoms with van der Waals surface area (Å²) in [6.07, 6.45) is 6.17. The minimum absolute atomic E-state index is 0.119. The Kier molecular flexibility index (Phi) is 3.77. The zero-order valence-electron chi connectivity index (χ0n) is 13.7. The number of aromatic nitrogens is 1. The van der Waals surface area contributed by atoms with Crippen molar-refractivity contribution < 1.29 is 14.8 Å². The largest absolute Gasteiger partial charge is 0.356 e. The number of carbonyl (C=O) groups is 2. The van der Waals surface area contributed by atoms with E-state index in [1.54, 1.807) is 24.4 Å². The smallest absolute Gasteiger partial charge is 0.282 e. The number of benzene rings is 1. The molecular weight excluding hydrogens is 318 g/mol. The fourth-order valence-corrected chi connectivity index (χ4v) is 3.84. The lowest BCUT2D eigenvalue weighted by Crippen LogP contribution is -2.36. The number of pyridine rings is 1. The van der Waals surface area contributed by atoms with Gasteiger partial charge in [0, 0.05) is 18.3 Å². The van der Waals surface area contributed by atoms with Crippen molar-refractivity contribution in [3.63, 3.8) is 0 Å². The highest BCUT2D eigenvalue weighted by atomic mass is 16.5. The molecule has 2 aliphatic rings. The van der Waals surface area contributed by atoms with Gasteiger partial charge >= 0.3 is 0 Å². The van der Waals surface area contributed by atoms with Gasteiger partial charge in [-0.05, 0) is 61.1 Å². The zero-order valence-corrected chi connectivity index (χ0v) is 13.7. The van der Waals surface area contributed by atoms with E-state index in [1.165, 1.54) is 11.8 Å². The second-order valence-corrected chi connectivity index (χ2v) is 6.77. The maximum absolute atomic E-state index is 12.6. The summed E-state index contributed by atoms with van der Waals surface area (Å²) in [5.41, 5.74) is 2.58. The molecule has 0 radical (unpaired) electrons. The van der Waals surface area contributed by atoms with Gasteiger partial charge < -0.3 is 5.32 Å². The van der Waals surface area contributed by atoms with Gasteiger partial charge in [0.1, 0.15) is 0 Å². The van der Waals surface area contributed by atoms with E-state index in [2.05, 4.69) is 10.3 Å². The number of amides is 2. The molecule has 2 N–H and O–H groups in total. The molecule has 1 aliphatic heterocycles. The van der Waals surface area contributed by atoms with Gasteiger partial charge in [-0.15, -0.1) is 0 Å². The number of nitrogens with zero attached hydrogens (tertiary/aromatic N) is 2. The standard InChI is InChI=1S/C19H19N3O3/c23-17(22(25)16-2-1-8-20-12-16)14-4-3-13-5-6-19(11-15(13)10-14)7-9-21-18(19)24/h1-4,8,10,12,25H,5-7,9,11H2,(H,21,24)/t19-/m1/s1. The van der Waals surface area contributed by atoms with Crippen LogP contribution in [0.1, 0.15) is 34.3 Å². The van der Waals surface area contributed by atoms with Gasteiger partial charge in [0.2, 0.25) is 5.91 Å². The zero-order chi connectivity index (χ0) is 17.4. The highest BCUT2D eigenvalue weighted by Gasteiger charge is 2.44. The summed E-state index contributed by atoms with van der Waals surface area (Å²) in [6.45, 7) is 0.720. The van der Waals surface area contributed by atoms with Crippen LogP contribution in [-0.4, -0.2) is 28.6 Å². The topological polar surface area (TPSA) is 82.5 Å². The van der Waals surface area contributed by atoms with Crippen molar-refractivity contribution in [3.05, 3.63) is 59.4 Å². The third-order valence-corrected chi connectivity index (χ3v) is 5.31. The molecule has 2 heterocycles. The minimum atomic E-state index is -0.508. The predicted octanol–water partition coefficient (Wildman–Crippen LogP) is 2.11. The molecule has 1 atom stereocenters. The Morgan fingerprint density at radius 1 is 1.24 bits per heavy atom. The number of fused-ring (bicyclic) bond motifs is 1. The van der Waals surface area contributed by atoms with Crippen LogP contribution >= 0.6 is 0 Å². The van der Waals surface area contributed by atoms with Crippen molar-refractivity contribution in [1.29, 1.82) is 0 Å². The highest BCUT2D eigenvalue weighted by molar-refractivity contribution is 6.04. The lowest BCUT2D eigenvalue weighted by Gasteiger charge is -2.32. The Morgan fingerprint density at radius 2 is 2.12 bits per heavy atom. The molecule has 4 rings (SSSR count). The molecule has 2 aromatic rings. The molecule has 1 saturated heterocycles. The average molecular weight is 337 g/mol. The lowest BCUT2D eigenvalue weighted by molar-refractivity contribution is -0.128. The van der Waals surface area contributed by atoms with Crippen LogP contribution in [0.3, 0.4) is 0 Å². The second kappa shape index (κ2) is 5.97. The monoisotopic (exact) mass is 337 g/mol. The predicted molar refractivity (Wildman–Crippen MR) is 91.4 cm³/mol. The maximum atomic E-state index is 12.6. The summed E-state index contributed by atoms with van der Waals surface area (Å²) in [5, 5.41) is 13.7. The van der Waals surface area contributed by atoms with Crippen LogP contribution in [0.15, 0.2) is 42.7 Å². The summed E-state index contributed by atoms with van der Waals surface area (Å²) in [4.78, 5) is 28.7. The van der Waals surface area contributed by atoms with Crippen LogP contribution in [-0.2, 0) is 17.6 Å². The number of hydrogen-bond donors (Lipinski definition) is 2. The fraction of sp³-hybridized carbons (Fsp3) is 0.316. The normalized spacial score (nSPS) is 21.7. The van der Waals surface area contributed by atoms with E-state index in [0.717, 1.165) is 31.4 Å². The van der Waals surface area contributed by atoms with Crippen LogP contribution < -0.4 is 10.4 Å². The summed E-state index contributed by atoms with van der Waals surface area (Å²) in [6, 6.07) is 8.74. The molecule has 1 aromatic heterocycles. The van der Waals surface area contributed by atoms with Crippen LogP contribution in [0, 0.1) is 5.41 Å². The van der Waals surface area contributed by atoms with Crippen LogP contribution in [0.2, 0.25) is 0 Å². The first-order valence-electron chi connectivity index (χ1n) is 8.43. The average Bonchev–Trinajstić information content (AvgIpc) is 3.00. The van der Waals surface area contributed by atoms with E-state index < -0.39 is 5.91 Å². The van der Waals surface area contributed by atoms with E-state index in [4.69, 9.17) is 0 Å². The van der Waals surface area contributed by atoms with Gasteiger partial charge in [0.25, 0.3) is 5.91 Å². The van der Waals surface area contributed by atoms with E-state index in [0.29, 0.717) is 22.7 Å². The SMILES string of the molecule is O=C(c1ccc2c(c1)C[C@]1(CCNC1=O)CC2)N(O)c1cccnc1. The van der Waals surface area contributed by atoms with E-state index in [-0.39, 0.29) is 11.3 Å². The van der Waals surface area contributed by atoms with Crippen molar-refractivity contribution >= 4 is 17.5 Å². The molecule has 0 saturated carbocycles. The molecule has 2 amide bonds. The molecule has 1 spiro atoms. The first-order chi connectivity index (χ1) is 12.1. The molecule has 128 valence electrons.